The van der Waals surface area contributed by atoms with Crippen molar-refractivity contribution in [3.63, 3.8) is 0 Å². The van der Waals surface area contributed by atoms with Crippen molar-refractivity contribution in [2.24, 2.45) is 0 Å². The third-order valence-corrected chi connectivity index (χ3v) is 3.91. The number of nitrogens with zero attached hydrogens (tertiary/aromatic N) is 2. The molecule has 1 unspecified atom stereocenters. The Morgan fingerprint density at radius 3 is 2.85 bits per heavy atom. The fraction of sp³-hybridized carbons (Fsp3) is 0.429. The molecule has 0 saturated carbocycles. The van der Waals surface area contributed by atoms with E-state index in [9.17, 15) is 0 Å². The van der Waals surface area contributed by atoms with Crippen molar-refractivity contribution in [2.45, 2.75) is 36.9 Å². The molecule has 0 aliphatic heterocycles. The van der Waals surface area contributed by atoms with Crippen molar-refractivity contribution in [1.29, 1.82) is 0 Å². The summed E-state index contributed by atoms with van der Waals surface area (Å²) >= 11 is 1.55. The van der Waals surface area contributed by atoms with Crippen LogP contribution in [0.4, 0.5) is 0 Å². The predicted octanol–water partition coefficient (Wildman–Crippen LogP) is 2.94. The Morgan fingerprint density at radius 1 is 1.45 bits per heavy atom. The Labute approximate surface area is 123 Å². The summed E-state index contributed by atoms with van der Waals surface area (Å²) in [5.74, 6) is 1.70. The number of aromatic nitrogens is 3. The fourth-order valence-corrected chi connectivity index (χ4v) is 3.10. The van der Waals surface area contributed by atoms with Gasteiger partial charge in [0.25, 0.3) is 0 Å². The van der Waals surface area contributed by atoms with Crippen LogP contribution in [-0.4, -0.2) is 28.8 Å². The number of benzene rings is 1. The number of H-pyrrole nitrogens is 1. The van der Waals surface area contributed by atoms with E-state index < -0.39 is 0 Å². The zero-order chi connectivity index (χ0) is 14.5. The van der Waals surface area contributed by atoms with Crippen LogP contribution in [0, 0.1) is 6.92 Å². The maximum Gasteiger partial charge on any atom is 0.213 e. The molecule has 108 valence electrons. The average molecular weight is 292 g/mol. The van der Waals surface area contributed by atoms with Crippen molar-refractivity contribution in [3.05, 3.63) is 29.6 Å². The molecule has 2 rings (SSSR count). The topological polar surface area (TPSA) is 62.8 Å². The van der Waals surface area contributed by atoms with Crippen LogP contribution in [-0.2, 0) is 0 Å². The number of aryl methyl sites for hydroxylation is 1. The molecule has 1 aromatic heterocycles. The van der Waals surface area contributed by atoms with E-state index in [0.717, 1.165) is 33.7 Å². The highest BCUT2D eigenvalue weighted by Crippen LogP contribution is 2.37. The summed E-state index contributed by atoms with van der Waals surface area (Å²) < 4.78 is 5.49. The number of ether oxygens (including phenoxy) is 1. The third kappa shape index (κ3) is 3.32. The first-order valence-electron chi connectivity index (χ1n) is 6.62. The van der Waals surface area contributed by atoms with Gasteiger partial charge in [-0.25, -0.2) is 4.98 Å². The maximum atomic E-state index is 5.49. The molecular formula is C14H20N4OS. The van der Waals surface area contributed by atoms with E-state index in [-0.39, 0.29) is 6.04 Å². The summed E-state index contributed by atoms with van der Waals surface area (Å²) in [5, 5.41) is 11.2. The van der Waals surface area contributed by atoms with Crippen LogP contribution in [0.2, 0.25) is 0 Å². The molecular weight excluding hydrogens is 272 g/mol. The minimum atomic E-state index is 0.207. The molecule has 0 aliphatic rings. The fourth-order valence-electron chi connectivity index (χ4n) is 2.09. The second-order valence-corrected chi connectivity index (χ2v) is 5.47. The molecule has 1 heterocycles. The van der Waals surface area contributed by atoms with Crippen LogP contribution < -0.4 is 10.1 Å². The molecule has 2 N–H and O–H groups in total. The Balaban J connectivity index is 2.35. The van der Waals surface area contributed by atoms with Crippen LogP contribution in [0.25, 0.3) is 0 Å². The molecule has 20 heavy (non-hydrogen) atoms. The maximum absolute atomic E-state index is 5.49. The van der Waals surface area contributed by atoms with Gasteiger partial charge in [0.1, 0.15) is 11.6 Å². The highest BCUT2D eigenvalue weighted by Gasteiger charge is 2.17. The molecule has 0 radical (unpaired) electrons. The molecule has 0 spiro atoms. The number of hydrogen-bond donors (Lipinski definition) is 2. The van der Waals surface area contributed by atoms with Crippen LogP contribution in [0.3, 0.4) is 0 Å². The Bertz CT molecular complexity index is 570. The third-order valence-electron chi connectivity index (χ3n) is 2.97. The number of methoxy groups -OCH3 is 1. The predicted molar refractivity (Wildman–Crippen MR) is 80.3 cm³/mol. The van der Waals surface area contributed by atoms with Gasteiger partial charge in [0.2, 0.25) is 5.16 Å². The Morgan fingerprint density at radius 2 is 2.25 bits per heavy atom. The van der Waals surface area contributed by atoms with Gasteiger partial charge >= 0.3 is 0 Å². The van der Waals surface area contributed by atoms with Gasteiger partial charge in [-0.2, -0.15) is 0 Å². The molecule has 0 saturated heterocycles. The molecule has 1 aromatic carbocycles. The minimum absolute atomic E-state index is 0.207. The first-order chi connectivity index (χ1) is 9.65. The zero-order valence-corrected chi connectivity index (χ0v) is 13.0. The first kappa shape index (κ1) is 14.9. The van der Waals surface area contributed by atoms with Gasteiger partial charge < -0.3 is 10.1 Å². The first-order valence-corrected chi connectivity index (χ1v) is 7.44. The Hall–Kier alpha value is -1.53. The molecule has 1 atom stereocenters. The quantitative estimate of drug-likeness (QED) is 0.857. The van der Waals surface area contributed by atoms with Crippen LogP contribution in [0.5, 0.6) is 5.75 Å². The minimum Gasteiger partial charge on any atom is -0.496 e. The second-order valence-electron chi connectivity index (χ2n) is 4.46. The summed E-state index contributed by atoms with van der Waals surface area (Å²) in [6.07, 6.45) is 0. The van der Waals surface area contributed by atoms with Crippen molar-refractivity contribution in [3.8, 4) is 5.75 Å². The van der Waals surface area contributed by atoms with E-state index in [1.165, 1.54) is 0 Å². The van der Waals surface area contributed by atoms with Gasteiger partial charge in [0.15, 0.2) is 0 Å². The van der Waals surface area contributed by atoms with E-state index in [0.29, 0.717) is 0 Å². The van der Waals surface area contributed by atoms with Crippen LogP contribution in [0.15, 0.2) is 28.3 Å². The van der Waals surface area contributed by atoms with E-state index in [2.05, 4.69) is 40.4 Å². The molecule has 5 nitrogen and oxygen atoms in total. The zero-order valence-electron chi connectivity index (χ0n) is 12.2. The molecule has 0 bridgehead atoms. The molecule has 2 aromatic rings. The van der Waals surface area contributed by atoms with Gasteiger partial charge in [0.05, 0.1) is 7.11 Å². The van der Waals surface area contributed by atoms with E-state index in [1.54, 1.807) is 18.9 Å². The van der Waals surface area contributed by atoms with Gasteiger partial charge in [-0.05, 0) is 44.3 Å². The van der Waals surface area contributed by atoms with Gasteiger partial charge in [-0.15, -0.1) is 5.10 Å². The van der Waals surface area contributed by atoms with Crippen LogP contribution in [0.1, 0.15) is 31.3 Å². The highest BCUT2D eigenvalue weighted by molar-refractivity contribution is 7.99. The summed E-state index contributed by atoms with van der Waals surface area (Å²) in [7, 11) is 1.70. The highest BCUT2D eigenvalue weighted by atomic mass is 32.2. The van der Waals surface area contributed by atoms with Gasteiger partial charge in [-0.3, -0.25) is 5.10 Å². The summed E-state index contributed by atoms with van der Waals surface area (Å²) in [6, 6.07) is 6.25. The molecule has 0 aliphatic carbocycles. The smallest absolute Gasteiger partial charge is 0.213 e. The van der Waals surface area contributed by atoms with E-state index >= 15 is 0 Å². The average Bonchev–Trinajstić information content (AvgIpc) is 2.84. The van der Waals surface area contributed by atoms with Crippen molar-refractivity contribution < 1.29 is 4.74 Å². The largest absolute Gasteiger partial charge is 0.496 e. The summed E-state index contributed by atoms with van der Waals surface area (Å²) in [5.41, 5.74) is 1.14. The molecule has 6 heteroatoms. The van der Waals surface area contributed by atoms with Crippen molar-refractivity contribution in [1.82, 2.24) is 20.5 Å². The van der Waals surface area contributed by atoms with Crippen molar-refractivity contribution in [2.75, 3.05) is 13.7 Å². The standard InChI is InChI=1S/C14H20N4OS/c1-5-15-9(2)13-11(19-4)7-6-8-12(13)20-14-16-10(3)17-18-14/h6-9,15H,5H2,1-4H3,(H,16,17,18). The lowest BCUT2D eigenvalue weighted by molar-refractivity contribution is 0.400. The molecule has 0 amide bonds. The van der Waals surface area contributed by atoms with Gasteiger partial charge in [0, 0.05) is 16.5 Å². The summed E-state index contributed by atoms with van der Waals surface area (Å²) in [4.78, 5) is 5.45. The lowest BCUT2D eigenvalue weighted by Crippen LogP contribution is -2.19. The molecule has 0 fully saturated rings. The normalized spacial score (nSPS) is 12.4. The van der Waals surface area contributed by atoms with E-state index in [4.69, 9.17) is 4.74 Å². The number of aromatic amines is 1. The SMILES string of the molecule is CCNC(C)c1c(OC)cccc1Sc1n[nH]c(C)n1. The number of rotatable bonds is 6. The van der Waals surface area contributed by atoms with Gasteiger partial charge in [-0.1, -0.05) is 13.0 Å². The number of hydrogen-bond acceptors (Lipinski definition) is 5. The number of nitrogens with one attached hydrogen (secondary N) is 2. The second kappa shape index (κ2) is 6.76. The Kier molecular flexibility index (Phi) is 5.03. The lowest BCUT2D eigenvalue weighted by Gasteiger charge is -2.19. The van der Waals surface area contributed by atoms with Crippen LogP contribution >= 0.6 is 11.8 Å². The summed E-state index contributed by atoms with van der Waals surface area (Å²) in [6.45, 7) is 7.03. The lowest BCUT2D eigenvalue weighted by atomic mass is 10.1. The monoisotopic (exact) mass is 292 g/mol. The van der Waals surface area contributed by atoms with E-state index in [1.807, 2.05) is 19.1 Å². The van der Waals surface area contributed by atoms with Crippen molar-refractivity contribution >= 4 is 11.8 Å².